The molecular weight excluding hydrogens is 236 g/mol. The van der Waals surface area contributed by atoms with Crippen molar-refractivity contribution in [3.05, 3.63) is 0 Å². The molecule has 0 bridgehead atoms. The van der Waals surface area contributed by atoms with Crippen molar-refractivity contribution >= 4 is 10.0 Å². The van der Waals surface area contributed by atoms with Crippen molar-refractivity contribution in [3.63, 3.8) is 0 Å². The van der Waals surface area contributed by atoms with Gasteiger partial charge < -0.3 is 5.32 Å². The lowest BCUT2D eigenvalue weighted by Gasteiger charge is -2.31. The van der Waals surface area contributed by atoms with E-state index in [0.29, 0.717) is 24.9 Å². The highest BCUT2D eigenvalue weighted by Crippen LogP contribution is 2.19. The normalized spacial score (nSPS) is 20.0. The summed E-state index contributed by atoms with van der Waals surface area (Å²) in [6, 6.07) is 0. The van der Waals surface area contributed by atoms with Crippen molar-refractivity contribution < 1.29 is 8.42 Å². The Kier molecular flexibility index (Phi) is 5.89. The van der Waals surface area contributed by atoms with Gasteiger partial charge in [0.2, 0.25) is 10.0 Å². The predicted molar refractivity (Wildman–Crippen MR) is 71.5 cm³/mol. The summed E-state index contributed by atoms with van der Waals surface area (Å²) in [6.07, 6.45) is 1.98. The Bertz CT molecular complexity index is 306. The first-order valence-corrected chi connectivity index (χ1v) is 8.25. The standard InChI is InChI=1S/C12H26N2O2S/c1-4-17(15,16)14-7-5-12(6-8-14)10-13-9-11(2)3/h11-13H,4-10H2,1-3H3. The molecule has 0 atom stereocenters. The van der Waals surface area contributed by atoms with Crippen molar-refractivity contribution in [2.24, 2.45) is 11.8 Å². The summed E-state index contributed by atoms with van der Waals surface area (Å²) in [5.74, 6) is 1.54. The van der Waals surface area contributed by atoms with Crippen LogP contribution in [0.5, 0.6) is 0 Å². The van der Waals surface area contributed by atoms with Crippen LogP contribution in [0.25, 0.3) is 0 Å². The number of piperidine rings is 1. The van der Waals surface area contributed by atoms with E-state index in [1.165, 1.54) is 0 Å². The Hall–Kier alpha value is -0.130. The van der Waals surface area contributed by atoms with Crippen LogP contribution in [-0.4, -0.2) is 44.7 Å². The first kappa shape index (κ1) is 14.9. The minimum atomic E-state index is -2.97. The molecule has 1 fully saturated rings. The Balaban J connectivity index is 2.27. The predicted octanol–water partition coefficient (Wildman–Crippen LogP) is 1.29. The van der Waals surface area contributed by atoms with Crippen molar-refractivity contribution in [3.8, 4) is 0 Å². The molecule has 1 heterocycles. The van der Waals surface area contributed by atoms with E-state index >= 15 is 0 Å². The zero-order valence-electron chi connectivity index (χ0n) is 11.3. The van der Waals surface area contributed by atoms with Gasteiger partial charge in [-0.05, 0) is 44.7 Å². The molecule has 102 valence electrons. The molecule has 0 aromatic carbocycles. The zero-order chi connectivity index (χ0) is 12.9. The molecule has 1 aliphatic heterocycles. The second kappa shape index (κ2) is 6.71. The Morgan fingerprint density at radius 3 is 2.35 bits per heavy atom. The molecule has 1 aliphatic rings. The van der Waals surface area contributed by atoms with Gasteiger partial charge in [-0.25, -0.2) is 12.7 Å². The topological polar surface area (TPSA) is 49.4 Å². The third-order valence-corrected chi connectivity index (χ3v) is 5.20. The highest BCUT2D eigenvalue weighted by Gasteiger charge is 2.26. The van der Waals surface area contributed by atoms with E-state index in [1.807, 2.05) is 0 Å². The van der Waals surface area contributed by atoms with Crippen LogP contribution in [-0.2, 0) is 10.0 Å². The molecule has 0 unspecified atom stereocenters. The van der Waals surface area contributed by atoms with Gasteiger partial charge in [0.25, 0.3) is 0 Å². The zero-order valence-corrected chi connectivity index (χ0v) is 12.1. The SMILES string of the molecule is CCS(=O)(=O)N1CCC(CNCC(C)C)CC1. The van der Waals surface area contributed by atoms with Crippen molar-refractivity contribution in [2.45, 2.75) is 33.6 Å². The molecule has 4 nitrogen and oxygen atoms in total. The number of hydrogen-bond acceptors (Lipinski definition) is 3. The summed E-state index contributed by atoms with van der Waals surface area (Å²) >= 11 is 0. The van der Waals surface area contributed by atoms with E-state index in [9.17, 15) is 8.42 Å². The van der Waals surface area contributed by atoms with Crippen LogP contribution >= 0.6 is 0 Å². The van der Waals surface area contributed by atoms with Crippen LogP contribution in [0.3, 0.4) is 0 Å². The summed E-state index contributed by atoms with van der Waals surface area (Å²) in [6.45, 7) is 9.58. The molecule has 1 rings (SSSR count). The monoisotopic (exact) mass is 262 g/mol. The lowest BCUT2D eigenvalue weighted by atomic mass is 9.98. The van der Waals surface area contributed by atoms with E-state index in [4.69, 9.17) is 0 Å². The average molecular weight is 262 g/mol. The van der Waals surface area contributed by atoms with Gasteiger partial charge in [-0.15, -0.1) is 0 Å². The number of rotatable bonds is 6. The number of nitrogens with zero attached hydrogens (tertiary/aromatic N) is 1. The summed E-state index contributed by atoms with van der Waals surface area (Å²) < 4.78 is 25.0. The summed E-state index contributed by atoms with van der Waals surface area (Å²) in [7, 11) is -2.97. The molecule has 0 spiro atoms. The van der Waals surface area contributed by atoms with Gasteiger partial charge in [0, 0.05) is 13.1 Å². The van der Waals surface area contributed by atoms with Gasteiger partial charge in [0.15, 0.2) is 0 Å². The summed E-state index contributed by atoms with van der Waals surface area (Å²) in [4.78, 5) is 0. The first-order chi connectivity index (χ1) is 7.95. The molecule has 1 N–H and O–H groups in total. The van der Waals surface area contributed by atoms with E-state index in [0.717, 1.165) is 25.9 Å². The molecule has 0 aliphatic carbocycles. The van der Waals surface area contributed by atoms with Crippen LogP contribution in [0.15, 0.2) is 0 Å². The number of sulfonamides is 1. The van der Waals surface area contributed by atoms with Crippen molar-refractivity contribution in [1.29, 1.82) is 0 Å². The molecule has 0 aromatic rings. The quantitative estimate of drug-likeness (QED) is 0.785. The largest absolute Gasteiger partial charge is 0.316 e. The Morgan fingerprint density at radius 2 is 1.88 bits per heavy atom. The van der Waals surface area contributed by atoms with Gasteiger partial charge in [-0.2, -0.15) is 0 Å². The van der Waals surface area contributed by atoms with E-state index in [-0.39, 0.29) is 5.75 Å². The summed E-state index contributed by atoms with van der Waals surface area (Å²) in [5, 5.41) is 3.45. The third-order valence-electron chi connectivity index (χ3n) is 3.32. The van der Waals surface area contributed by atoms with Crippen LogP contribution in [0.2, 0.25) is 0 Å². The van der Waals surface area contributed by atoms with Gasteiger partial charge >= 0.3 is 0 Å². The summed E-state index contributed by atoms with van der Waals surface area (Å²) in [5.41, 5.74) is 0. The molecule has 0 radical (unpaired) electrons. The lowest BCUT2D eigenvalue weighted by Crippen LogP contribution is -2.41. The lowest BCUT2D eigenvalue weighted by molar-refractivity contribution is 0.266. The van der Waals surface area contributed by atoms with Crippen molar-refractivity contribution in [2.75, 3.05) is 31.9 Å². The fourth-order valence-electron chi connectivity index (χ4n) is 2.15. The second-order valence-electron chi connectivity index (χ2n) is 5.30. The second-order valence-corrected chi connectivity index (χ2v) is 7.55. The van der Waals surface area contributed by atoms with E-state index < -0.39 is 10.0 Å². The molecule has 1 saturated heterocycles. The maximum Gasteiger partial charge on any atom is 0.213 e. The smallest absolute Gasteiger partial charge is 0.213 e. The average Bonchev–Trinajstić information content (AvgIpc) is 2.29. The van der Waals surface area contributed by atoms with Crippen molar-refractivity contribution in [1.82, 2.24) is 9.62 Å². The van der Waals surface area contributed by atoms with Crippen LogP contribution < -0.4 is 5.32 Å². The number of nitrogens with one attached hydrogen (secondary N) is 1. The first-order valence-electron chi connectivity index (χ1n) is 6.64. The minimum absolute atomic E-state index is 0.225. The van der Waals surface area contributed by atoms with Crippen LogP contribution in [0.4, 0.5) is 0 Å². The molecule has 0 saturated carbocycles. The highest BCUT2D eigenvalue weighted by molar-refractivity contribution is 7.89. The van der Waals surface area contributed by atoms with Gasteiger partial charge in [0.1, 0.15) is 0 Å². The molecule has 5 heteroatoms. The van der Waals surface area contributed by atoms with Crippen LogP contribution in [0.1, 0.15) is 33.6 Å². The molecule has 17 heavy (non-hydrogen) atoms. The Morgan fingerprint density at radius 1 is 1.29 bits per heavy atom. The van der Waals surface area contributed by atoms with Gasteiger partial charge in [0.05, 0.1) is 5.75 Å². The maximum atomic E-state index is 11.7. The maximum absolute atomic E-state index is 11.7. The molecular formula is C12H26N2O2S. The number of hydrogen-bond donors (Lipinski definition) is 1. The Labute approximate surface area is 106 Å². The van der Waals surface area contributed by atoms with Gasteiger partial charge in [-0.1, -0.05) is 13.8 Å². The van der Waals surface area contributed by atoms with E-state index in [1.54, 1.807) is 11.2 Å². The highest BCUT2D eigenvalue weighted by atomic mass is 32.2. The van der Waals surface area contributed by atoms with E-state index in [2.05, 4.69) is 19.2 Å². The fraction of sp³-hybridized carbons (Fsp3) is 1.00. The third kappa shape index (κ3) is 4.94. The van der Waals surface area contributed by atoms with Gasteiger partial charge in [-0.3, -0.25) is 0 Å². The molecule has 0 amide bonds. The minimum Gasteiger partial charge on any atom is -0.316 e. The fourth-order valence-corrected chi connectivity index (χ4v) is 3.28. The molecule has 0 aromatic heterocycles. The van der Waals surface area contributed by atoms with Crippen LogP contribution in [0, 0.1) is 11.8 Å².